The first-order chi connectivity index (χ1) is 15.0. The van der Waals surface area contributed by atoms with Crippen molar-refractivity contribution in [1.29, 1.82) is 0 Å². The monoisotopic (exact) mass is 441 g/mol. The number of nitrogens with zero attached hydrogens (tertiary/aromatic N) is 1. The minimum atomic E-state index is -0.546. The minimum absolute atomic E-state index is 0.0931. The quantitative estimate of drug-likeness (QED) is 0.495. The van der Waals surface area contributed by atoms with Gasteiger partial charge in [0.25, 0.3) is 5.91 Å². The minimum Gasteiger partial charge on any atom is -0.494 e. The van der Waals surface area contributed by atoms with E-state index in [2.05, 4.69) is 0 Å². The number of benzene rings is 2. The van der Waals surface area contributed by atoms with Gasteiger partial charge < -0.3 is 18.8 Å². The van der Waals surface area contributed by atoms with E-state index >= 15 is 0 Å². The largest absolute Gasteiger partial charge is 0.494 e. The molecule has 1 amide bonds. The Balaban J connectivity index is 1.88. The first kappa shape index (κ1) is 21.4. The van der Waals surface area contributed by atoms with Crippen molar-refractivity contribution in [3.05, 3.63) is 74.1 Å². The van der Waals surface area contributed by atoms with Gasteiger partial charge in [0.05, 0.1) is 23.6 Å². The van der Waals surface area contributed by atoms with Gasteiger partial charge in [0, 0.05) is 25.3 Å². The normalized spacial score (nSPS) is 15.5. The molecule has 1 unspecified atom stereocenters. The van der Waals surface area contributed by atoms with E-state index in [1.54, 1.807) is 24.1 Å². The Morgan fingerprint density at radius 1 is 1.16 bits per heavy atom. The van der Waals surface area contributed by atoms with Crippen molar-refractivity contribution in [2.24, 2.45) is 0 Å². The summed E-state index contributed by atoms with van der Waals surface area (Å²) in [6.07, 6.45) is 0.641. The Hall–Kier alpha value is -2.83. The Bertz CT molecular complexity index is 1190. The summed E-state index contributed by atoms with van der Waals surface area (Å²) in [4.78, 5) is 28.5. The molecule has 0 bridgehead atoms. The Morgan fingerprint density at radius 3 is 2.58 bits per heavy atom. The summed E-state index contributed by atoms with van der Waals surface area (Å²) in [7, 11) is 1.62. The number of halogens is 1. The highest BCUT2D eigenvalue weighted by Crippen LogP contribution is 2.39. The second kappa shape index (κ2) is 8.73. The maximum Gasteiger partial charge on any atom is 0.290 e. The predicted molar refractivity (Wildman–Crippen MR) is 119 cm³/mol. The van der Waals surface area contributed by atoms with Gasteiger partial charge in [0.15, 0.2) is 5.43 Å². The lowest BCUT2D eigenvalue weighted by Gasteiger charge is -2.25. The van der Waals surface area contributed by atoms with Gasteiger partial charge >= 0.3 is 0 Å². The lowest BCUT2D eigenvalue weighted by Crippen LogP contribution is -2.31. The number of carbonyl (C=O) groups excluding carboxylic acids is 1. The number of ether oxygens (including phenoxy) is 2. The second-order valence-electron chi connectivity index (χ2n) is 7.52. The van der Waals surface area contributed by atoms with Crippen LogP contribution in [0.3, 0.4) is 0 Å². The van der Waals surface area contributed by atoms with E-state index in [1.165, 1.54) is 0 Å². The van der Waals surface area contributed by atoms with Gasteiger partial charge in [-0.05, 0) is 55.7 Å². The molecule has 0 saturated heterocycles. The van der Waals surface area contributed by atoms with Crippen LogP contribution in [-0.4, -0.2) is 37.7 Å². The molecule has 4 rings (SSSR count). The molecule has 3 aromatic rings. The van der Waals surface area contributed by atoms with Crippen molar-refractivity contribution in [1.82, 2.24) is 4.90 Å². The van der Waals surface area contributed by atoms with Gasteiger partial charge in [-0.1, -0.05) is 23.7 Å². The fraction of sp³-hybridized carbons (Fsp3) is 0.333. The van der Waals surface area contributed by atoms with Crippen molar-refractivity contribution >= 4 is 28.5 Å². The highest BCUT2D eigenvalue weighted by Gasteiger charge is 2.42. The molecule has 1 aliphatic heterocycles. The number of rotatable bonds is 7. The van der Waals surface area contributed by atoms with Crippen LogP contribution in [0.2, 0.25) is 5.02 Å². The molecule has 6 nitrogen and oxygen atoms in total. The molecular weight excluding hydrogens is 418 g/mol. The Kier molecular flexibility index (Phi) is 6.03. The van der Waals surface area contributed by atoms with Crippen molar-refractivity contribution < 1.29 is 18.7 Å². The fourth-order valence-electron chi connectivity index (χ4n) is 4.01. The summed E-state index contributed by atoms with van der Waals surface area (Å²) in [5.41, 5.74) is 2.07. The van der Waals surface area contributed by atoms with Crippen LogP contribution in [-0.2, 0) is 4.74 Å². The number of hydrogen-bond donors (Lipinski definition) is 0. The molecule has 2 aromatic carbocycles. The standard InChI is InChI=1S/C24H24ClNO5/c1-4-30-16-8-6-15(7-9-16)21-20-22(27)17-13-18(25)14(2)12-19(17)31-23(20)24(28)26(21)10-5-11-29-3/h6-9,12-13,21H,4-5,10-11H2,1-3H3. The lowest BCUT2D eigenvalue weighted by atomic mass is 9.98. The van der Waals surface area contributed by atoms with Gasteiger partial charge in [-0.15, -0.1) is 0 Å². The number of fused-ring (bicyclic) bond motifs is 2. The average Bonchev–Trinajstić information content (AvgIpc) is 3.03. The summed E-state index contributed by atoms with van der Waals surface area (Å²) < 4.78 is 16.7. The first-order valence-electron chi connectivity index (χ1n) is 10.3. The zero-order chi connectivity index (χ0) is 22.1. The van der Waals surface area contributed by atoms with Gasteiger partial charge in [0.1, 0.15) is 11.3 Å². The summed E-state index contributed by atoms with van der Waals surface area (Å²) in [6, 6.07) is 10.2. The molecular formula is C24H24ClNO5. The first-order valence-corrected chi connectivity index (χ1v) is 10.6. The maximum atomic E-state index is 13.5. The average molecular weight is 442 g/mol. The third-order valence-electron chi connectivity index (χ3n) is 5.50. The molecule has 0 aliphatic carbocycles. The number of aryl methyl sites for hydroxylation is 1. The third-order valence-corrected chi connectivity index (χ3v) is 5.91. The summed E-state index contributed by atoms with van der Waals surface area (Å²) in [5, 5.41) is 0.857. The van der Waals surface area contributed by atoms with E-state index in [1.807, 2.05) is 38.1 Å². The van der Waals surface area contributed by atoms with Crippen LogP contribution in [0.15, 0.2) is 45.6 Å². The molecule has 0 spiro atoms. The van der Waals surface area contributed by atoms with Crippen molar-refractivity contribution in [3.63, 3.8) is 0 Å². The van der Waals surface area contributed by atoms with Crippen molar-refractivity contribution in [2.45, 2.75) is 26.3 Å². The van der Waals surface area contributed by atoms with Gasteiger partial charge in [-0.3, -0.25) is 9.59 Å². The van der Waals surface area contributed by atoms with Crippen LogP contribution in [0.1, 0.15) is 46.6 Å². The Morgan fingerprint density at radius 2 is 1.90 bits per heavy atom. The molecule has 0 saturated carbocycles. The van der Waals surface area contributed by atoms with Gasteiger partial charge in [-0.2, -0.15) is 0 Å². The van der Waals surface area contributed by atoms with Crippen molar-refractivity contribution in [3.8, 4) is 5.75 Å². The van der Waals surface area contributed by atoms with Crippen LogP contribution in [0.25, 0.3) is 11.0 Å². The summed E-state index contributed by atoms with van der Waals surface area (Å²) in [5.74, 6) is 0.529. The number of amides is 1. The van der Waals surface area contributed by atoms with Crippen LogP contribution in [0.5, 0.6) is 5.75 Å². The zero-order valence-corrected chi connectivity index (χ0v) is 18.5. The molecule has 162 valence electrons. The van der Waals surface area contributed by atoms with E-state index in [4.69, 9.17) is 25.5 Å². The molecule has 2 heterocycles. The van der Waals surface area contributed by atoms with Gasteiger partial charge in [-0.25, -0.2) is 0 Å². The highest BCUT2D eigenvalue weighted by atomic mass is 35.5. The number of carbonyl (C=O) groups is 1. The van der Waals surface area contributed by atoms with E-state index in [9.17, 15) is 9.59 Å². The van der Waals surface area contributed by atoms with E-state index < -0.39 is 6.04 Å². The molecule has 31 heavy (non-hydrogen) atoms. The van der Waals surface area contributed by atoms with E-state index in [0.717, 1.165) is 16.9 Å². The maximum absolute atomic E-state index is 13.5. The molecule has 1 atom stereocenters. The van der Waals surface area contributed by atoms with E-state index in [-0.39, 0.29) is 17.1 Å². The van der Waals surface area contributed by atoms with Crippen LogP contribution < -0.4 is 10.2 Å². The fourth-order valence-corrected chi connectivity index (χ4v) is 4.17. The van der Waals surface area contributed by atoms with E-state index in [0.29, 0.717) is 47.7 Å². The number of hydrogen-bond acceptors (Lipinski definition) is 5. The third kappa shape index (κ3) is 3.82. The second-order valence-corrected chi connectivity index (χ2v) is 7.93. The highest BCUT2D eigenvalue weighted by molar-refractivity contribution is 6.32. The summed E-state index contributed by atoms with van der Waals surface area (Å²) >= 11 is 6.27. The molecule has 0 N–H and O–H groups in total. The molecule has 1 aliphatic rings. The molecule has 0 radical (unpaired) electrons. The number of methoxy groups -OCH3 is 1. The smallest absolute Gasteiger partial charge is 0.290 e. The van der Waals surface area contributed by atoms with Crippen LogP contribution in [0.4, 0.5) is 0 Å². The molecule has 1 aromatic heterocycles. The molecule has 0 fully saturated rings. The Labute approximate surface area is 185 Å². The zero-order valence-electron chi connectivity index (χ0n) is 17.7. The predicted octanol–water partition coefficient (Wildman–Crippen LogP) is 4.74. The topological polar surface area (TPSA) is 69.0 Å². The van der Waals surface area contributed by atoms with Crippen molar-refractivity contribution in [2.75, 3.05) is 26.9 Å². The lowest BCUT2D eigenvalue weighted by molar-refractivity contribution is 0.0708. The van der Waals surface area contributed by atoms with Gasteiger partial charge in [0.2, 0.25) is 5.76 Å². The SMILES string of the molecule is CCOc1ccc(C2c3c(oc4cc(C)c(Cl)cc4c3=O)C(=O)N2CCCOC)cc1. The van der Waals surface area contributed by atoms with Crippen LogP contribution >= 0.6 is 11.6 Å². The van der Waals surface area contributed by atoms with Crippen LogP contribution in [0, 0.1) is 6.92 Å². The summed E-state index contributed by atoms with van der Waals surface area (Å²) in [6.45, 7) is 5.25. The molecule has 7 heteroatoms.